The molecule has 0 aromatic rings. The van der Waals surface area contributed by atoms with Gasteiger partial charge in [0.25, 0.3) is 0 Å². The van der Waals surface area contributed by atoms with E-state index in [0.29, 0.717) is 31.5 Å². The van der Waals surface area contributed by atoms with Crippen LogP contribution in [-0.4, -0.2) is 31.6 Å². The molecular formula is C11H19NO2. The van der Waals surface area contributed by atoms with Gasteiger partial charge >= 0.3 is 0 Å². The zero-order valence-corrected chi connectivity index (χ0v) is 8.79. The maximum absolute atomic E-state index is 11.7. The van der Waals surface area contributed by atoms with Gasteiger partial charge in [0, 0.05) is 12.5 Å². The number of Topliss-reactive ketones (excluding diaryl/α,β-unsaturated/α-hetero) is 1. The Bertz CT molecular complexity index is 217. The molecular weight excluding hydrogens is 178 g/mol. The average Bonchev–Trinajstić information content (AvgIpc) is 2.18. The predicted molar refractivity (Wildman–Crippen MR) is 54.1 cm³/mol. The fourth-order valence-electron chi connectivity index (χ4n) is 2.46. The second-order valence-electron chi connectivity index (χ2n) is 4.59. The van der Waals surface area contributed by atoms with Gasteiger partial charge in [0.1, 0.15) is 5.78 Å². The zero-order valence-electron chi connectivity index (χ0n) is 8.79. The van der Waals surface area contributed by atoms with Crippen molar-refractivity contribution in [1.29, 1.82) is 0 Å². The summed E-state index contributed by atoms with van der Waals surface area (Å²) in [4.78, 5) is 11.7. The SMILES string of the molecule is CC1CCNC(C2COCCC2=O)C1. The Morgan fingerprint density at radius 1 is 1.50 bits per heavy atom. The van der Waals surface area contributed by atoms with Gasteiger partial charge in [-0.25, -0.2) is 0 Å². The molecule has 2 saturated heterocycles. The standard InChI is InChI=1S/C11H19NO2/c1-8-2-4-12-10(6-8)9-7-14-5-3-11(9)13/h8-10,12H,2-7H2,1H3. The molecule has 2 aliphatic rings. The van der Waals surface area contributed by atoms with Crippen LogP contribution in [0.25, 0.3) is 0 Å². The van der Waals surface area contributed by atoms with Crippen molar-refractivity contribution in [1.82, 2.24) is 5.32 Å². The summed E-state index contributed by atoms with van der Waals surface area (Å²) >= 11 is 0. The summed E-state index contributed by atoms with van der Waals surface area (Å²) in [6.07, 6.45) is 2.97. The van der Waals surface area contributed by atoms with E-state index in [2.05, 4.69) is 12.2 Å². The third kappa shape index (κ3) is 2.15. The molecule has 1 N–H and O–H groups in total. The highest BCUT2D eigenvalue weighted by Gasteiger charge is 2.33. The maximum Gasteiger partial charge on any atom is 0.142 e. The molecule has 3 heteroatoms. The highest BCUT2D eigenvalue weighted by atomic mass is 16.5. The molecule has 2 aliphatic heterocycles. The van der Waals surface area contributed by atoms with Crippen LogP contribution in [0.1, 0.15) is 26.2 Å². The van der Waals surface area contributed by atoms with Crippen LogP contribution in [0.4, 0.5) is 0 Å². The van der Waals surface area contributed by atoms with Crippen LogP contribution in [0.15, 0.2) is 0 Å². The summed E-state index contributed by atoms with van der Waals surface area (Å²) in [5.41, 5.74) is 0. The monoisotopic (exact) mass is 197 g/mol. The summed E-state index contributed by atoms with van der Waals surface area (Å²) in [6, 6.07) is 0.367. The Kier molecular flexibility index (Phi) is 3.19. The molecule has 0 radical (unpaired) electrons. The van der Waals surface area contributed by atoms with Gasteiger partial charge < -0.3 is 10.1 Å². The Morgan fingerprint density at radius 3 is 3.07 bits per heavy atom. The first-order chi connectivity index (χ1) is 6.77. The molecule has 0 aromatic carbocycles. The number of ketones is 1. The van der Waals surface area contributed by atoms with E-state index < -0.39 is 0 Å². The third-order valence-corrected chi connectivity index (χ3v) is 3.39. The minimum Gasteiger partial charge on any atom is -0.380 e. The summed E-state index contributed by atoms with van der Waals surface area (Å²) in [5, 5.41) is 3.45. The van der Waals surface area contributed by atoms with Crippen LogP contribution in [0.5, 0.6) is 0 Å². The number of piperidine rings is 1. The molecule has 0 aromatic heterocycles. The van der Waals surface area contributed by atoms with Crippen LogP contribution >= 0.6 is 0 Å². The lowest BCUT2D eigenvalue weighted by Gasteiger charge is -2.35. The maximum atomic E-state index is 11.7. The van der Waals surface area contributed by atoms with Gasteiger partial charge in [-0.15, -0.1) is 0 Å². The lowest BCUT2D eigenvalue weighted by Crippen LogP contribution is -2.48. The van der Waals surface area contributed by atoms with Crippen LogP contribution in [0, 0.1) is 11.8 Å². The number of rotatable bonds is 1. The van der Waals surface area contributed by atoms with E-state index in [1.807, 2.05) is 0 Å². The van der Waals surface area contributed by atoms with Crippen molar-refractivity contribution in [3.8, 4) is 0 Å². The molecule has 14 heavy (non-hydrogen) atoms. The quantitative estimate of drug-likeness (QED) is 0.681. The van der Waals surface area contributed by atoms with E-state index in [1.165, 1.54) is 6.42 Å². The summed E-state index contributed by atoms with van der Waals surface area (Å²) in [6.45, 7) is 4.57. The summed E-state index contributed by atoms with van der Waals surface area (Å²) < 4.78 is 5.38. The molecule has 2 rings (SSSR count). The Balaban J connectivity index is 1.94. The Morgan fingerprint density at radius 2 is 2.36 bits per heavy atom. The highest BCUT2D eigenvalue weighted by molar-refractivity contribution is 5.82. The predicted octanol–water partition coefficient (Wildman–Crippen LogP) is 0.980. The molecule has 0 bridgehead atoms. The topological polar surface area (TPSA) is 38.3 Å². The lowest BCUT2D eigenvalue weighted by molar-refractivity contribution is -0.132. The van der Waals surface area contributed by atoms with Crippen LogP contribution in [0.3, 0.4) is 0 Å². The first-order valence-electron chi connectivity index (χ1n) is 5.61. The van der Waals surface area contributed by atoms with Crippen molar-refractivity contribution < 1.29 is 9.53 Å². The number of hydrogen-bond donors (Lipinski definition) is 1. The van der Waals surface area contributed by atoms with Crippen LogP contribution in [0.2, 0.25) is 0 Å². The van der Waals surface area contributed by atoms with Crippen molar-refractivity contribution in [3.05, 3.63) is 0 Å². The van der Waals surface area contributed by atoms with Crippen LogP contribution < -0.4 is 5.32 Å². The fourth-order valence-corrected chi connectivity index (χ4v) is 2.46. The third-order valence-electron chi connectivity index (χ3n) is 3.39. The molecule has 0 amide bonds. The van der Waals surface area contributed by atoms with Gasteiger partial charge in [0.05, 0.1) is 19.1 Å². The van der Waals surface area contributed by atoms with Gasteiger partial charge in [-0.1, -0.05) is 6.92 Å². The minimum atomic E-state index is 0.117. The highest BCUT2D eigenvalue weighted by Crippen LogP contribution is 2.23. The molecule has 3 atom stereocenters. The number of ether oxygens (including phenoxy) is 1. The normalized spacial score (nSPS) is 39.8. The van der Waals surface area contributed by atoms with E-state index in [1.54, 1.807) is 0 Å². The number of carbonyl (C=O) groups excluding carboxylic acids is 1. The largest absolute Gasteiger partial charge is 0.380 e. The van der Waals surface area contributed by atoms with Crippen molar-refractivity contribution in [3.63, 3.8) is 0 Å². The zero-order chi connectivity index (χ0) is 9.97. The second kappa shape index (κ2) is 4.41. The number of hydrogen-bond acceptors (Lipinski definition) is 3. The lowest BCUT2D eigenvalue weighted by atomic mass is 9.83. The average molecular weight is 197 g/mol. The van der Waals surface area contributed by atoms with E-state index in [4.69, 9.17) is 4.74 Å². The van der Waals surface area contributed by atoms with E-state index in [-0.39, 0.29) is 5.92 Å². The fraction of sp³-hybridized carbons (Fsp3) is 0.909. The van der Waals surface area contributed by atoms with E-state index in [9.17, 15) is 4.79 Å². The molecule has 80 valence electrons. The first-order valence-corrected chi connectivity index (χ1v) is 5.61. The van der Waals surface area contributed by atoms with Gasteiger partial charge in [-0.05, 0) is 25.3 Å². The summed E-state index contributed by atoms with van der Waals surface area (Å²) in [5.74, 6) is 1.25. The van der Waals surface area contributed by atoms with Crippen molar-refractivity contribution in [2.45, 2.75) is 32.2 Å². The Hall–Kier alpha value is -0.410. The van der Waals surface area contributed by atoms with Crippen molar-refractivity contribution >= 4 is 5.78 Å². The number of nitrogens with one attached hydrogen (secondary N) is 1. The molecule has 2 fully saturated rings. The van der Waals surface area contributed by atoms with Crippen molar-refractivity contribution in [2.24, 2.45) is 11.8 Å². The molecule has 3 nitrogen and oxygen atoms in total. The van der Waals surface area contributed by atoms with Gasteiger partial charge in [0.2, 0.25) is 0 Å². The molecule has 0 spiro atoms. The second-order valence-corrected chi connectivity index (χ2v) is 4.59. The first kappa shape index (κ1) is 10.1. The summed E-state index contributed by atoms with van der Waals surface area (Å²) in [7, 11) is 0. The molecule has 0 aliphatic carbocycles. The minimum absolute atomic E-state index is 0.117. The van der Waals surface area contributed by atoms with Gasteiger partial charge in [-0.2, -0.15) is 0 Å². The van der Waals surface area contributed by atoms with Gasteiger partial charge in [0.15, 0.2) is 0 Å². The van der Waals surface area contributed by atoms with E-state index in [0.717, 1.165) is 18.9 Å². The molecule has 3 unspecified atom stereocenters. The Labute approximate surface area is 85.2 Å². The van der Waals surface area contributed by atoms with Gasteiger partial charge in [-0.3, -0.25) is 4.79 Å². The molecule has 2 heterocycles. The van der Waals surface area contributed by atoms with E-state index >= 15 is 0 Å². The van der Waals surface area contributed by atoms with Crippen LogP contribution in [-0.2, 0) is 9.53 Å². The van der Waals surface area contributed by atoms with Crippen molar-refractivity contribution in [2.75, 3.05) is 19.8 Å². The molecule has 0 saturated carbocycles. The smallest absolute Gasteiger partial charge is 0.142 e. The number of carbonyl (C=O) groups is 1.